The van der Waals surface area contributed by atoms with E-state index in [-0.39, 0.29) is 6.04 Å². The summed E-state index contributed by atoms with van der Waals surface area (Å²) in [7, 11) is 4.07. The van der Waals surface area contributed by atoms with E-state index >= 15 is 0 Å². The van der Waals surface area contributed by atoms with Gasteiger partial charge < -0.3 is 15.4 Å². The molecule has 1 unspecified atom stereocenters. The van der Waals surface area contributed by atoms with E-state index in [0.717, 1.165) is 5.75 Å². The van der Waals surface area contributed by atoms with Crippen molar-refractivity contribution in [1.82, 2.24) is 4.90 Å². The first-order chi connectivity index (χ1) is 7.19. The van der Waals surface area contributed by atoms with Crippen LogP contribution in [0.15, 0.2) is 24.3 Å². The third kappa shape index (κ3) is 3.22. The minimum Gasteiger partial charge on any atom is -0.494 e. The normalized spacial score (nSPS) is 12.9. The lowest BCUT2D eigenvalue weighted by molar-refractivity contribution is 0.302. The molecule has 84 valence electrons. The van der Waals surface area contributed by atoms with Gasteiger partial charge in [-0.3, -0.25) is 0 Å². The van der Waals surface area contributed by atoms with Gasteiger partial charge in [-0.05, 0) is 38.7 Å². The number of hydrogen-bond donors (Lipinski definition) is 1. The Kier molecular flexibility index (Phi) is 4.59. The van der Waals surface area contributed by atoms with Crippen LogP contribution in [0.4, 0.5) is 0 Å². The summed E-state index contributed by atoms with van der Waals surface area (Å²) in [4.78, 5) is 2.12. The molecule has 0 fully saturated rings. The van der Waals surface area contributed by atoms with E-state index in [0.29, 0.717) is 13.2 Å². The molecule has 0 aliphatic rings. The highest BCUT2D eigenvalue weighted by Gasteiger charge is 2.12. The Balaban J connectivity index is 2.87. The van der Waals surface area contributed by atoms with Crippen molar-refractivity contribution >= 4 is 0 Å². The standard InChI is InChI=1S/C12H20N2O/c1-4-15-11-7-5-6-10(8-11)12(9-13)14(2)3/h5-8,12H,4,9,13H2,1-3H3. The Hall–Kier alpha value is -1.06. The first kappa shape index (κ1) is 12.0. The van der Waals surface area contributed by atoms with Crippen molar-refractivity contribution in [3.8, 4) is 5.75 Å². The van der Waals surface area contributed by atoms with Crippen LogP contribution in [-0.2, 0) is 0 Å². The van der Waals surface area contributed by atoms with Gasteiger partial charge in [0, 0.05) is 12.6 Å². The fourth-order valence-corrected chi connectivity index (χ4v) is 1.62. The van der Waals surface area contributed by atoms with Crippen LogP contribution >= 0.6 is 0 Å². The topological polar surface area (TPSA) is 38.5 Å². The summed E-state index contributed by atoms with van der Waals surface area (Å²) in [5.41, 5.74) is 6.95. The van der Waals surface area contributed by atoms with Crippen LogP contribution < -0.4 is 10.5 Å². The average Bonchev–Trinajstić information content (AvgIpc) is 2.19. The molecule has 15 heavy (non-hydrogen) atoms. The Labute approximate surface area is 91.8 Å². The monoisotopic (exact) mass is 208 g/mol. The van der Waals surface area contributed by atoms with E-state index in [1.165, 1.54) is 5.56 Å². The number of rotatable bonds is 5. The predicted molar refractivity (Wildman–Crippen MR) is 63.1 cm³/mol. The maximum absolute atomic E-state index is 5.75. The van der Waals surface area contributed by atoms with Crippen molar-refractivity contribution < 1.29 is 4.74 Å². The van der Waals surface area contributed by atoms with Crippen LogP contribution in [0, 0.1) is 0 Å². The number of likely N-dealkylation sites (N-methyl/N-ethyl adjacent to an activating group) is 1. The minimum atomic E-state index is 0.255. The molecule has 0 bridgehead atoms. The zero-order valence-electron chi connectivity index (χ0n) is 9.73. The second kappa shape index (κ2) is 5.73. The average molecular weight is 208 g/mol. The van der Waals surface area contributed by atoms with Gasteiger partial charge in [0.1, 0.15) is 5.75 Å². The summed E-state index contributed by atoms with van der Waals surface area (Å²) in [6.07, 6.45) is 0. The molecule has 0 saturated heterocycles. The number of hydrogen-bond acceptors (Lipinski definition) is 3. The number of nitrogens with two attached hydrogens (primary N) is 1. The summed E-state index contributed by atoms with van der Waals surface area (Å²) < 4.78 is 5.46. The molecule has 1 atom stereocenters. The first-order valence-electron chi connectivity index (χ1n) is 5.28. The van der Waals surface area contributed by atoms with Gasteiger partial charge in [-0.25, -0.2) is 0 Å². The summed E-state index contributed by atoms with van der Waals surface area (Å²) >= 11 is 0. The summed E-state index contributed by atoms with van der Waals surface area (Å²) in [6, 6.07) is 8.37. The van der Waals surface area contributed by atoms with Crippen LogP contribution in [0.1, 0.15) is 18.5 Å². The zero-order valence-corrected chi connectivity index (χ0v) is 9.73. The summed E-state index contributed by atoms with van der Waals surface area (Å²) in [5, 5.41) is 0. The number of nitrogens with zero attached hydrogens (tertiary/aromatic N) is 1. The van der Waals surface area contributed by atoms with Crippen LogP contribution in [-0.4, -0.2) is 32.1 Å². The number of ether oxygens (including phenoxy) is 1. The molecule has 0 spiro atoms. The van der Waals surface area contributed by atoms with Crippen molar-refractivity contribution in [3.05, 3.63) is 29.8 Å². The molecule has 0 aliphatic heterocycles. The van der Waals surface area contributed by atoms with Crippen LogP contribution in [0.3, 0.4) is 0 Å². The van der Waals surface area contributed by atoms with Gasteiger partial charge in [-0.1, -0.05) is 12.1 Å². The molecule has 1 rings (SSSR count). The van der Waals surface area contributed by atoms with Crippen molar-refractivity contribution in [2.45, 2.75) is 13.0 Å². The molecule has 3 nitrogen and oxygen atoms in total. The van der Waals surface area contributed by atoms with Crippen LogP contribution in [0.5, 0.6) is 5.75 Å². The van der Waals surface area contributed by atoms with Gasteiger partial charge in [-0.2, -0.15) is 0 Å². The summed E-state index contributed by atoms with van der Waals surface area (Å²) in [6.45, 7) is 3.29. The molecule has 2 N–H and O–H groups in total. The van der Waals surface area contributed by atoms with E-state index < -0.39 is 0 Å². The molecular formula is C12H20N2O. The first-order valence-corrected chi connectivity index (χ1v) is 5.28. The zero-order chi connectivity index (χ0) is 11.3. The van der Waals surface area contributed by atoms with Crippen molar-refractivity contribution in [3.63, 3.8) is 0 Å². The van der Waals surface area contributed by atoms with E-state index in [9.17, 15) is 0 Å². The van der Waals surface area contributed by atoms with Gasteiger partial charge in [0.05, 0.1) is 6.61 Å². The Morgan fingerprint density at radius 1 is 1.40 bits per heavy atom. The fraction of sp³-hybridized carbons (Fsp3) is 0.500. The highest BCUT2D eigenvalue weighted by atomic mass is 16.5. The molecule has 0 amide bonds. The second-order valence-electron chi connectivity index (χ2n) is 3.72. The van der Waals surface area contributed by atoms with Crippen molar-refractivity contribution in [2.24, 2.45) is 5.73 Å². The number of benzene rings is 1. The SMILES string of the molecule is CCOc1cccc(C(CN)N(C)C)c1. The lowest BCUT2D eigenvalue weighted by atomic mass is 10.1. The van der Waals surface area contributed by atoms with E-state index in [1.54, 1.807) is 0 Å². The van der Waals surface area contributed by atoms with Gasteiger partial charge >= 0.3 is 0 Å². The van der Waals surface area contributed by atoms with E-state index in [1.807, 2.05) is 33.2 Å². The van der Waals surface area contributed by atoms with E-state index in [4.69, 9.17) is 10.5 Å². The molecule has 0 radical (unpaired) electrons. The quantitative estimate of drug-likeness (QED) is 0.799. The smallest absolute Gasteiger partial charge is 0.119 e. The van der Waals surface area contributed by atoms with Gasteiger partial charge in [-0.15, -0.1) is 0 Å². The third-order valence-corrected chi connectivity index (χ3v) is 2.40. The predicted octanol–water partition coefficient (Wildman–Crippen LogP) is 1.65. The van der Waals surface area contributed by atoms with E-state index in [2.05, 4.69) is 17.0 Å². The molecular weight excluding hydrogens is 188 g/mol. The summed E-state index contributed by atoms with van der Waals surface area (Å²) in [5.74, 6) is 0.912. The molecule has 1 aromatic carbocycles. The highest BCUT2D eigenvalue weighted by molar-refractivity contribution is 5.30. The lowest BCUT2D eigenvalue weighted by Gasteiger charge is -2.23. The second-order valence-corrected chi connectivity index (χ2v) is 3.72. The minimum absolute atomic E-state index is 0.255. The Morgan fingerprint density at radius 3 is 2.67 bits per heavy atom. The molecule has 0 heterocycles. The molecule has 3 heteroatoms. The van der Waals surface area contributed by atoms with Crippen molar-refractivity contribution in [1.29, 1.82) is 0 Å². The Morgan fingerprint density at radius 2 is 2.13 bits per heavy atom. The largest absolute Gasteiger partial charge is 0.494 e. The molecule has 1 aromatic rings. The maximum Gasteiger partial charge on any atom is 0.119 e. The molecule has 0 saturated carbocycles. The fourth-order valence-electron chi connectivity index (χ4n) is 1.62. The Bertz CT molecular complexity index is 299. The van der Waals surface area contributed by atoms with Gasteiger partial charge in [0.15, 0.2) is 0 Å². The van der Waals surface area contributed by atoms with Crippen molar-refractivity contribution in [2.75, 3.05) is 27.2 Å². The molecule has 0 aromatic heterocycles. The van der Waals surface area contributed by atoms with Crippen LogP contribution in [0.2, 0.25) is 0 Å². The van der Waals surface area contributed by atoms with Gasteiger partial charge in [0.25, 0.3) is 0 Å². The third-order valence-electron chi connectivity index (χ3n) is 2.40. The highest BCUT2D eigenvalue weighted by Crippen LogP contribution is 2.21. The maximum atomic E-state index is 5.75. The lowest BCUT2D eigenvalue weighted by Crippen LogP contribution is -2.27. The van der Waals surface area contributed by atoms with Gasteiger partial charge in [0.2, 0.25) is 0 Å². The van der Waals surface area contributed by atoms with Crippen LogP contribution in [0.25, 0.3) is 0 Å². The molecule has 0 aliphatic carbocycles.